The molecule has 1 aliphatic carbocycles. The average molecular weight is 443 g/mol. The smallest absolute Gasteiger partial charge is 0.267 e. The molecule has 29 heavy (non-hydrogen) atoms. The molecule has 1 aromatic rings. The van der Waals surface area contributed by atoms with Gasteiger partial charge < -0.3 is 10.2 Å². The highest BCUT2D eigenvalue weighted by atomic mass is 35.5. The fraction of sp³-hybridized carbons (Fsp3) is 0.550. The Morgan fingerprint density at radius 3 is 2.66 bits per heavy atom. The first-order valence-electron chi connectivity index (χ1n) is 9.90. The molecule has 0 aromatic carbocycles. The third-order valence-corrected chi connectivity index (χ3v) is 5.72. The summed E-state index contributed by atoms with van der Waals surface area (Å²) in [6.07, 6.45) is 11.8. The predicted molar refractivity (Wildman–Crippen MR) is 115 cm³/mol. The number of hydroxylamine groups is 1. The SMILES string of the molecule is Cl.O=C(/C=C/c1cnc(N[C@@H]2CCCN(C(=O)C3CCCCC3)C2)c(Cl)c1)NO. The Bertz CT molecular complexity index is 738. The number of aromatic nitrogens is 1. The van der Waals surface area contributed by atoms with Crippen LogP contribution in [0.25, 0.3) is 6.08 Å². The van der Waals surface area contributed by atoms with E-state index >= 15 is 0 Å². The Kier molecular flexibility index (Phi) is 9.20. The minimum Gasteiger partial charge on any atom is -0.364 e. The summed E-state index contributed by atoms with van der Waals surface area (Å²) in [5.74, 6) is 0.440. The Hall–Kier alpha value is -1.83. The zero-order chi connectivity index (χ0) is 19.9. The Morgan fingerprint density at radius 1 is 1.21 bits per heavy atom. The highest BCUT2D eigenvalue weighted by molar-refractivity contribution is 6.33. The van der Waals surface area contributed by atoms with Crippen molar-refractivity contribution in [1.29, 1.82) is 0 Å². The number of hydrogen-bond donors (Lipinski definition) is 3. The Balaban J connectivity index is 0.00000300. The molecule has 9 heteroatoms. The second-order valence-corrected chi connectivity index (χ2v) is 7.92. The lowest BCUT2D eigenvalue weighted by atomic mass is 9.87. The second kappa shape index (κ2) is 11.4. The van der Waals surface area contributed by atoms with Crippen molar-refractivity contribution in [1.82, 2.24) is 15.4 Å². The summed E-state index contributed by atoms with van der Waals surface area (Å²) in [6.45, 7) is 1.50. The minimum atomic E-state index is -0.622. The summed E-state index contributed by atoms with van der Waals surface area (Å²) in [5, 5.41) is 12.3. The van der Waals surface area contributed by atoms with Crippen LogP contribution in [-0.2, 0) is 9.59 Å². The summed E-state index contributed by atoms with van der Waals surface area (Å²) in [4.78, 5) is 30.2. The number of piperidine rings is 1. The van der Waals surface area contributed by atoms with Gasteiger partial charge in [-0.1, -0.05) is 30.9 Å². The molecular formula is C20H28Cl2N4O3. The van der Waals surface area contributed by atoms with Gasteiger partial charge in [-0.05, 0) is 43.4 Å². The first-order chi connectivity index (χ1) is 13.6. The molecule has 1 atom stereocenters. The van der Waals surface area contributed by atoms with Gasteiger partial charge >= 0.3 is 0 Å². The number of halogens is 2. The van der Waals surface area contributed by atoms with Crippen LogP contribution in [0.5, 0.6) is 0 Å². The standard InChI is InChI=1S/C20H27ClN4O3.ClH/c21-17-11-14(8-9-18(26)24-28)12-22-19(17)23-16-7-4-10-25(13-16)20(27)15-5-2-1-3-6-15;/h8-9,11-12,15-16,28H,1-7,10,13H2,(H,22,23)(H,24,26);1H/b9-8+;/t16-;/m1./s1. The molecule has 1 saturated carbocycles. The number of amides is 2. The quantitative estimate of drug-likeness (QED) is 0.367. The van der Waals surface area contributed by atoms with E-state index in [0.29, 0.717) is 28.9 Å². The second-order valence-electron chi connectivity index (χ2n) is 7.51. The van der Waals surface area contributed by atoms with Crippen molar-refractivity contribution in [2.75, 3.05) is 18.4 Å². The summed E-state index contributed by atoms with van der Waals surface area (Å²) >= 11 is 6.33. The van der Waals surface area contributed by atoms with E-state index in [1.54, 1.807) is 12.3 Å². The highest BCUT2D eigenvalue weighted by Gasteiger charge is 2.30. The zero-order valence-corrected chi connectivity index (χ0v) is 17.8. The molecule has 0 spiro atoms. The maximum absolute atomic E-state index is 12.8. The van der Waals surface area contributed by atoms with Gasteiger partial charge in [0.2, 0.25) is 5.91 Å². The molecule has 2 fully saturated rings. The summed E-state index contributed by atoms with van der Waals surface area (Å²) in [7, 11) is 0. The molecule has 1 aliphatic heterocycles. The molecule has 2 amide bonds. The molecule has 1 aromatic heterocycles. The summed E-state index contributed by atoms with van der Waals surface area (Å²) in [6, 6.07) is 1.82. The Labute approximate surface area is 182 Å². The first-order valence-corrected chi connectivity index (χ1v) is 10.3. The van der Waals surface area contributed by atoms with Crippen LogP contribution in [0.15, 0.2) is 18.3 Å². The fourth-order valence-corrected chi connectivity index (χ4v) is 4.18. The van der Waals surface area contributed by atoms with Crippen LogP contribution in [0.3, 0.4) is 0 Å². The normalized spacial score (nSPS) is 20.2. The molecule has 0 unspecified atom stereocenters. The van der Waals surface area contributed by atoms with E-state index in [2.05, 4.69) is 10.3 Å². The van der Waals surface area contributed by atoms with Crippen molar-refractivity contribution < 1.29 is 14.8 Å². The monoisotopic (exact) mass is 442 g/mol. The van der Waals surface area contributed by atoms with Gasteiger partial charge in [-0.3, -0.25) is 14.8 Å². The number of hydrogen-bond acceptors (Lipinski definition) is 5. The van der Waals surface area contributed by atoms with E-state index in [1.807, 2.05) is 4.90 Å². The van der Waals surface area contributed by atoms with E-state index in [9.17, 15) is 9.59 Å². The van der Waals surface area contributed by atoms with Crippen LogP contribution < -0.4 is 10.8 Å². The van der Waals surface area contributed by atoms with Crippen LogP contribution in [0.4, 0.5) is 5.82 Å². The largest absolute Gasteiger partial charge is 0.364 e. The molecule has 7 nitrogen and oxygen atoms in total. The van der Waals surface area contributed by atoms with E-state index in [1.165, 1.54) is 24.1 Å². The molecule has 3 rings (SSSR count). The van der Waals surface area contributed by atoms with E-state index in [0.717, 1.165) is 45.1 Å². The number of anilines is 1. The van der Waals surface area contributed by atoms with Crippen molar-refractivity contribution in [3.8, 4) is 0 Å². The third kappa shape index (κ3) is 6.59. The van der Waals surface area contributed by atoms with Crippen molar-refractivity contribution >= 4 is 47.7 Å². The number of carbonyl (C=O) groups is 2. The van der Waals surface area contributed by atoms with Crippen molar-refractivity contribution in [3.63, 3.8) is 0 Å². The van der Waals surface area contributed by atoms with Crippen LogP contribution in [0.1, 0.15) is 50.5 Å². The van der Waals surface area contributed by atoms with Crippen molar-refractivity contribution in [3.05, 3.63) is 28.9 Å². The number of carbonyl (C=O) groups excluding carboxylic acids is 2. The maximum atomic E-state index is 12.8. The maximum Gasteiger partial charge on any atom is 0.267 e. The van der Waals surface area contributed by atoms with E-state index < -0.39 is 5.91 Å². The molecule has 3 N–H and O–H groups in total. The molecular weight excluding hydrogens is 415 g/mol. The minimum absolute atomic E-state index is 0. The lowest BCUT2D eigenvalue weighted by molar-refractivity contribution is -0.137. The third-order valence-electron chi connectivity index (χ3n) is 5.43. The zero-order valence-electron chi connectivity index (χ0n) is 16.3. The van der Waals surface area contributed by atoms with Crippen LogP contribution in [0, 0.1) is 5.92 Å². The van der Waals surface area contributed by atoms with Gasteiger partial charge in [-0.25, -0.2) is 10.5 Å². The van der Waals surface area contributed by atoms with Gasteiger partial charge in [0, 0.05) is 37.3 Å². The highest BCUT2D eigenvalue weighted by Crippen LogP contribution is 2.28. The predicted octanol–water partition coefficient (Wildman–Crippen LogP) is 3.66. The van der Waals surface area contributed by atoms with Gasteiger partial charge in [-0.15, -0.1) is 12.4 Å². The van der Waals surface area contributed by atoms with Crippen LogP contribution in [0.2, 0.25) is 5.02 Å². The average Bonchev–Trinajstić information content (AvgIpc) is 2.74. The van der Waals surface area contributed by atoms with Crippen LogP contribution in [-0.4, -0.2) is 46.0 Å². The lowest BCUT2D eigenvalue weighted by Crippen LogP contribution is -2.47. The molecule has 2 heterocycles. The number of nitrogens with one attached hydrogen (secondary N) is 2. The number of pyridine rings is 1. The fourth-order valence-electron chi connectivity index (χ4n) is 3.96. The first kappa shape index (κ1) is 23.4. The Morgan fingerprint density at radius 2 is 1.97 bits per heavy atom. The van der Waals surface area contributed by atoms with Gasteiger partial charge in [0.1, 0.15) is 5.82 Å². The van der Waals surface area contributed by atoms with Gasteiger partial charge in [0.15, 0.2) is 0 Å². The molecule has 2 aliphatic rings. The van der Waals surface area contributed by atoms with Crippen LogP contribution >= 0.6 is 24.0 Å². The lowest BCUT2D eigenvalue weighted by Gasteiger charge is -2.36. The molecule has 1 saturated heterocycles. The molecule has 160 valence electrons. The molecule has 0 radical (unpaired) electrons. The van der Waals surface area contributed by atoms with Crippen molar-refractivity contribution in [2.24, 2.45) is 5.92 Å². The van der Waals surface area contributed by atoms with Gasteiger partial charge in [0.25, 0.3) is 5.91 Å². The van der Waals surface area contributed by atoms with Gasteiger partial charge in [0.05, 0.1) is 5.02 Å². The van der Waals surface area contributed by atoms with E-state index in [-0.39, 0.29) is 24.4 Å². The van der Waals surface area contributed by atoms with Gasteiger partial charge in [-0.2, -0.15) is 0 Å². The molecule has 0 bridgehead atoms. The van der Waals surface area contributed by atoms with Crippen molar-refractivity contribution in [2.45, 2.75) is 51.0 Å². The number of rotatable bonds is 5. The summed E-state index contributed by atoms with van der Waals surface area (Å²) in [5.41, 5.74) is 2.18. The topological polar surface area (TPSA) is 94.6 Å². The number of nitrogens with zero attached hydrogens (tertiary/aromatic N) is 2. The number of likely N-dealkylation sites (tertiary alicyclic amines) is 1. The summed E-state index contributed by atoms with van der Waals surface area (Å²) < 4.78 is 0. The van der Waals surface area contributed by atoms with E-state index in [4.69, 9.17) is 16.8 Å².